The van der Waals surface area contributed by atoms with Gasteiger partial charge in [0, 0.05) is 24.4 Å². The van der Waals surface area contributed by atoms with Gasteiger partial charge in [0.1, 0.15) is 0 Å². The maximum absolute atomic E-state index is 13.5. The van der Waals surface area contributed by atoms with Crippen molar-refractivity contribution in [2.75, 3.05) is 19.6 Å². The largest absolute Gasteiger partial charge is 0.333 e. The average Bonchev–Trinajstić information content (AvgIpc) is 3.15. The smallest absolute Gasteiger partial charge is 0.242 e. The highest BCUT2D eigenvalue weighted by Crippen LogP contribution is 2.38. The van der Waals surface area contributed by atoms with Crippen LogP contribution in [0.25, 0.3) is 0 Å². The summed E-state index contributed by atoms with van der Waals surface area (Å²) < 4.78 is 0. The molecule has 0 fully saturated rings. The van der Waals surface area contributed by atoms with E-state index in [1.165, 1.54) is 16.0 Å². The van der Waals surface area contributed by atoms with Crippen LogP contribution in [0.1, 0.15) is 61.7 Å². The number of benzene rings is 1. The van der Waals surface area contributed by atoms with Crippen molar-refractivity contribution in [1.29, 1.82) is 0 Å². The predicted molar refractivity (Wildman–Crippen MR) is 124 cm³/mol. The molecule has 0 bridgehead atoms. The molecule has 3 rings (SSSR count). The molecule has 1 aromatic heterocycles. The number of carbonyl (C=O) groups excluding carboxylic acids is 2. The van der Waals surface area contributed by atoms with E-state index in [9.17, 15) is 9.59 Å². The maximum Gasteiger partial charge on any atom is 0.242 e. The van der Waals surface area contributed by atoms with Gasteiger partial charge in [-0.1, -0.05) is 57.5 Å². The van der Waals surface area contributed by atoms with Gasteiger partial charge in [-0.2, -0.15) is 0 Å². The van der Waals surface area contributed by atoms with Crippen LogP contribution < -0.4 is 0 Å². The third-order valence-electron chi connectivity index (χ3n) is 5.53. The van der Waals surface area contributed by atoms with Gasteiger partial charge in [-0.25, -0.2) is 0 Å². The monoisotopic (exact) mass is 426 g/mol. The first-order valence-corrected chi connectivity index (χ1v) is 11.8. The lowest BCUT2D eigenvalue weighted by Crippen LogP contribution is -2.47. The van der Waals surface area contributed by atoms with E-state index < -0.39 is 0 Å². The van der Waals surface area contributed by atoms with Crippen molar-refractivity contribution in [3.63, 3.8) is 0 Å². The zero-order valence-corrected chi connectivity index (χ0v) is 19.7. The lowest BCUT2D eigenvalue weighted by Gasteiger charge is -2.38. The van der Waals surface area contributed by atoms with Crippen molar-refractivity contribution in [2.24, 2.45) is 11.8 Å². The van der Waals surface area contributed by atoms with Crippen LogP contribution in [-0.2, 0) is 16.0 Å². The molecule has 1 aliphatic rings. The van der Waals surface area contributed by atoms with Crippen LogP contribution in [0.2, 0.25) is 0 Å². The van der Waals surface area contributed by atoms with E-state index in [1.54, 1.807) is 16.2 Å². The van der Waals surface area contributed by atoms with Gasteiger partial charge >= 0.3 is 0 Å². The van der Waals surface area contributed by atoms with Gasteiger partial charge in [-0.05, 0) is 47.8 Å². The number of hydrogen-bond acceptors (Lipinski definition) is 3. The molecule has 5 heteroatoms. The molecule has 4 nitrogen and oxygen atoms in total. The Morgan fingerprint density at radius 2 is 1.80 bits per heavy atom. The minimum atomic E-state index is -0.0748. The van der Waals surface area contributed by atoms with E-state index in [0.29, 0.717) is 25.4 Å². The Morgan fingerprint density at radius 1 is 1.10 bits per heavy atom. The standard InChI is InChI=1S/C25H34N2O2S/c1-17(2)14-23(28)26(15-18(3)4)16-24(29)27-12-10-22-21(11-13-30-22)25(27)20-8-6-19(5)7-9-20/h6-9,11,13,17-18,25H,10,12,14-16H2,1-5H3/t25-/m1/s1. The summed E-state index contributed by atoms with van der Waals surface area (Å²) in [5, 5.41) is 2.12. The SMILES string of the molecule is Cc1ccc([C@@H]2c3ccsc3CCN2C(=O)CN(CC(C)C)C(=O)CC(C)C)cc1. The van der Waals surface area contributed by atoms with E-state index in [2.05, 4.69) is 56.5 Å². The quantitative estimate of drug-likeness (QED) is 0.621. The molecule has 0 saturated carbocycles. The van der Waals surface area contributed by atoms with E-state index in [-0.39, 0.29) is 30.3 Å². The number of thiophene rings is 1. The lowest BCUT2D eigenvalue weighted by atomic mass is 9.92. The number of amides is 2. The molecule has 2 amide bonds. The molecule has 0 unspecified atom stereocenters. The maximum atomic E-state index is 13.5. The van der Waals surface area contributed by atoms with Gasteiger partial charge in [-0.3, -0.25) is 9.59 Å². The Hall–Kier alpha value is -2.14. The molecule has 162 valence electrons. The lowest BCUT2D eigenvalue weighted by molar-refractivity contribution is -0.142. The van der Waals surface area contributed by atoms with E-state index >= 15 is 0 Å². The Bertz CT molecular complexity index is 870. The Morgan fingerprint density at radius 3 is 2.43 bits per heavy atom. The summed E-state index contributed by atoms with van der Waals surface area (Å²) in [7, 11) is 0. The molecule has 0 spiro atoms. The minimum absolute atomic E-state index is 0.0372. The number of aryl methyl sites for hydroxylation is 1. The van der Waals surface area contributed by atoms with Gasteiger partial charge in [0.25, 0.3) is 0 Å². The Kier molecular flexibility index (Phi) is 7.35. The van der Waals surface area contributed by atoms with Crippen LogP contribution in [0, 0.1) is 18.8 Å². The highest BCUT2D eigenvalue weighted by Gasteiger charge is 2.34. The number of hydrogen-bond donors (Lipinski definition) is 0. The first-order chi connectivity index (χ1) is 14.3. The van der Waals surface area contributed by atoms with Crippen molar-refractivity contribution in [3.8, 4) is 0 Å². The normalized spacial score (nSPS) is 16.1. The summed E-state index contributed by atoms with van der Waals surface area (Å²) in [4.78, 5) is 31.4. The van der Waals surface area contributed by atoms with Gasteiger partial charge in [-0.15, -0.1) is 11.3 Å². The first kappa shape index (κ1) is 22.5. The van der Waals surface area contributed by atoms with Gasteiger partial charge in [0.2, 0.25) is 11.8 Å². The number of carbonyl (C=O) groups is 2. The summed E-state index contributed by atoms with van der Waals surface area (Å²) in [5.41, 5.74) is 3.57. The first-order valence-electron chi connectivity index (χ1n) is 11.0. The summed E-state index contributed by atoms with van der Waals surface area (Å²) in [6.45, 7) is 11.8. The third kappa shape index (κ3) is 5.31. The van der Waals surface area contributed by atoms with Crippen molar-refractivity contribution in [3.05, 3.63) is 57.3 Å². The van der Waals surface area contributed by atoms with Crippen LogP contribution in [-0.4, -0.2) is 41.2 Å². The molecule has 0 aliphatic carbocycles. The van der Waals surface area contributed by atoms with Crippen molar-refractivity contribution in [2.45, 2.75) is 53.5 Å². The summed E-state index contributed by atoms with van der Waals surface area (Å²) in [5.74, 6) is 0.722. The molecule has 1 aliphatic heterocycles. The van der Waals surface area contributed by atoms with Crippen molar-refractivity contribution >= 4 is 23.2 Å². The fourth-order valence-corrected chi connectivity index (χ4v) is 5.02. The van der Waals surface area contributed by atoms with Gasteiger partial charge in [0.15, 0.2) is 0 Å². The Balaban J connectivity index is 1.86. The molecule has 1 atom stereocenters. The van der Waals surface area contributed by atoms with Crippen molar-refractivity contribution in [1.82, 2.24) is 9.80 Å². The van der Waals surface area contributed by atoms with Gasteiger partial charge < -0.3 is 9.80 Å². The van der Waals surface area contributed by atoms with Crippen LogP contribution >= 0.6 is 11.3 Å². The second-order valence-electron chi connectivity index (χ2n) is 9.22. The summed E-state index contributed by atoms with van der Waals surface area (Å²) in [6, 6.07) is 10.5. The zero-order valence-electron chi connectivity index (χ0n) is 18.9. The molecule has 0 N–H and O–H groups in total. The van der Waals surface area contributed by atoms with Crippen LogP contribution in [0.3, 0.4) is 0 Å². The van der Waals surface area contributed by atoms with E-state index in [4.69, 9.17) is 0 Å². The molecular formula is C25H34N2O2S. The molecule has 1 aromatic carbocycles. The average molecular weight is 427 g/mol. The predicted octanol–water partition coefficient (Wildman–Crippen LogP) is 5.06. The second kappa shape index (κ2) is 9.78. The fourth-order valence-electron chi connectivity index (χ4n) is 4.12. The van der Waals surface area contributed by atoms with Crippen LogP contribution in [0.15, 0.2) is 35.7 Å². The molecule has 30 heavy (non-hydrogen) atoms. The number of nitrogens with zero attached hydrogens (tertiary/aromatic N) is 2. The molecule has 0 radical (unpaired) electrons. The molecule has 2 aromatic rings. The third-order valence-corrected chi connectivity index (χ3v) is 6.52. The highest BCUT2D eigenvalue weighted by molar-refractivity contribution is 7.10. The number of rotatable bonds is 7. The van der Waals surface area contributed by atoms with Crippen LogP contribution in [0.5, 0.6) is 0 Å². The molecular weight excluding hydrogens is 392 g/mol. The van der Waals surface area contributed by atoms with E-state index in [1.807, 2.05) is 18.7 Å². The van der Waals surface area contributed by atoms with E-state index in [0.717, 1.165) is 12.0 Å². The minimum Gasteiger partial charge on any atom is -0.333 e. The summed E-state index contributed by atoms with van der Waals surface area (Å²) in [6.07, 6.45) is 1.36. The summed E-state index contributed by atoms with van der Waals surface area (Å²) >= 11 is 1.77. The Labute approximate surface area is 184 Å². The molecule has 0 saturated heterocycles. The topological polar surface area (TPSA) is 40.6 Å². The van der Waals surface area contributed by atoms with Crippen LogP contribution in [0.4, 0.5) is 0 Å². The van der Waals surface area contributed by atoms with Gasteiger partial charge in [0.05, 0.1) is 12.6 Å². The van der Waals surface area contributed by atoms with Crippen molar-refractivity contribution < 1.29 is 9.59 Å². The second-order valence-corrected chi connectivity index (χ2v) is 10.2. The zero-order chi connectivity index (χ0) is 21.8. The number of fused-ring (bicyclic) bond motifs is 1. The highest BCUT2D eigenvalue weighted by atomic mass is 32.1. The fraction of sp³-hybridized carbons (Fsp3) is 0.520. The molecule has 2 heterocycles.